The standard InChI is InChI=1S/C17H21F3OS2Si/c1-13(15-6-4-8-22-15)14(2)17(3,16-7-5-9-23-16)21-24(10-18,11-19)12-20/h4-9H,10-12H2,1-3H3. The van der Waals surface area contributed by atoms with Crippen molar-refractivity contribution in [3.63, 3.8) is 0 Å². The number of halogens is 3. The molecule has 0 aromatic carbocycles. The normalized spacial score (nSPS) is 15.9. The third-order valence-electron chi connectivity index (χ3n) is 4.31. The van der Waals surface area contributed by atoms with Gasteiger partial charge in [0, 0.05) is 9.75 Å². The number of hydrogen-bond acceptors (Lipinski definition) is 3. The molecular formula is C17H21F3OS2Si. The van der Waals surface area contributed by atoms with Gasteiger partial charge in [-0.05, 0) is 54.8 Å². The van der Waals surface area contributed by atoms with Gasteiger partial charge in [-0.3, -0.25) is 13.2 Å². The second-order valence-electron chi connectivity index (χ2n) is 5.92. The Labute approximate surface area is 149 Å². The van der Waals surface area contributed by atoms with Gasteiger partial charge in [-0.25, -0.2) is 0 Å². The van der Waals surface area contributed by atoms with E-state index in [1.54, 1.807) is 18.3 Å². The van der Waals surface area contributed by atoms with E-state index < -0.39 is 32.8 Å². The second kappa shape index (κ2) is 7.99. The molecule has 1 unspecified atom stereocenters. The van der Waals surface area contributed by atoms with Crippen LogP contribution in [0.3, 0.4) is 0 Å². The molecular weight excluding hydrogens is 369 g/mol. The van der Waals surface area contributed by atoms with E-state index >= 15 is 0 Å². The Morgan fingerprint density at radius 2 is 1.62 bits per heavy atom. The number of thiophene rings is 2. The van der Waals surface area contributed by atoms with E-state index in [0.29, 0.717) is 0 Å². The molecule has 24 heavy (non-hydrogen) atoms. The van der Waals surface area contributed by atoms with Gasteiger partial charge in [0.2, 0.25) is 0 Å². The highest BCUT2D eigenvalue weighted by molar-refractivity contribution is 7.11. The quantitative estimate of drug-likeness (QED) is 0.502. The SMILES string of the molecule is CC(=C(C)C(C)(O[Si](CF)(CF)CF)c1cccs1)c1cccs1. The van der Waals surface area contributed by atoms with E-state index in [4.69, 9.17) is 4.43 Å². The van der Waals surface area contributed by atoms with Crippen LogP contribution >= 0.6 is 22.7 Å². The summed E-state index contributed by atoms with van der Waals surface area (Å²) in [7, 11) is -3.73. The van der Waals surface area contributed by atoms with Gasteiger partial charge in [-0.15, -0.1) is 22.7 Å². The van der Waals surface area contributed by atoms with E-state index in [0.717, 1.165) is 20.9 Å². The van der Waals surface area contributed by atoms with Crippen LogP contribution in [0.2, 0.25) is 0 Å². The molecule has 132 valence electrons. The fraction of sp³-hybridized carbons (Fsp3) is 0.412. The molecule has 0 aliphatic heterocycles. The van der Waals surface area contributed by atoms with Crippen LogP contribution < -0.4 is 0 Å². The zero-order valence-electron chi connectivity index (χ0n) is 13.9. The largest absolute Gasteiger partial charge is 0.395 e. The molecule has 0 fully saturated rings. The Kier molecular flexibility index (Phi) is 6.47. The van der Waals surface area contributed by atoms with Crippen LogP contribution in [0.1, 0.15) is 30.5 Å². The predicted octanol–water partition coefficient (Wildman–Crippen LogP) is 6.01. The molecule has 0 amide bonds. The van der Waals surface area contributed by atoms with Gasteiger partial charge in [0.1, 0.15) is 24.5 Å². The number of rotatable bonds is 8. The topological polar surface area (TPSA) is 9.23 Å². The molecule has 0 radical (unpaired) electrons. The first kappa shape index (κ1) is 19.4. The van der Waals surface area contributed by atoms with Gasteiger partial charge in [-0.1, -0.05) is 12.1 Å². The van der Waals surface area contributed by atoms with Gasteiger partial charge in [-0.2, -0.15) is 0 Å². The van der Waals surface area contributed by atoms with Crippen LogP contribution in [-0.4, -0.2) is 27.2 Å². The maximum atomic E-state index is 13.5. The molecule has 1 atom stereocenters. The van der Waals surface area contributed by atoms with Gasteiger partial charge in [0.05, 0.1) is 0 Å². The highest BCUT2D eigenvalue weighted by atomic mass is 32.1. The van der Waals surface area contributed by atoms with Crippen molar-refractivity contribution in [3.8, 4) is 0 Å². The Bertz CT molecular complexity index is 658. The van der Waals surface area contributed by atoms with Crippen molar-refractivity contribution in [2.45, 2.75) is 26.4 Å². The molecule has 2 aromatic rings. The van der Waals surface area contributed by atoms with Crippen LogP contribution in [0.15, 0.2) is 40.6 Å². The number of hydrogen-bond donors (Lipinski definition) is 0. The third kappa shape index (κ3) is 3.69. The van der Waals surface area contributed by atoms with Gasteiger partial charge < -0.3 is 4.43 Å². The molecule has 2 aromatic heterocycles. The van der Waals surface area contributed by atoms with Gasteiger partial charge in [0.15, 0.2) is 0 Å². The molecule has 2 heterocycles. The average molecular weight is 391 g/mol. The highest BCUT2D eigenvalue weighted by Crippen LogP contribution is 2.42. The zero-order valence-corrected chi connectivity index (χ0v) is 16.6. The summed E-state index contributed by atoms with van der Waals surface area (Å²) in [6, 6.07) is 7.66. The maximum Gasteiger partial charge on any atom is 0.285 e. The Morgan fingerprint density at radius 1 is 1.04 bits per heavy atom. The molecule has 0 aliphatic rings. The van der Waals surface area contributed by atoms with Crippen LogP contribution in [0.4, 0.5) is 13.2 Å². The predicted molar refractivity (Wildman–Crippen MR) is 99.0 cm³/mol. The summed E-state index contributed by atoms with van der Waals surface area (Å²) in [5.41, 5.74) is 0.790. The van der Waals surface area contributed by atoms with Crippen molar-refractivity contribution < 1.29 is 17.6 Å². The minimum Gasteiger partial charge on any atom is -0.395 e. The summed E-state index contributed by atoms with van der Waals surface area (Å²) in [6.45, 7) is 5.64. The lowest BCUT2D eigenvalue weighted by atomic mass is 9.91. The van der Waals surface area contributed by atoms with E-state index in [-0.39, 0.29) is 0 Å². The van der Waals surface area contributed by atoms with Gasteiger partial charge in [0.25, 0.3) is 8.32 Å². The lowest BCUT2D eigenvalue weighted by Gasteiger charge is -2.38. The molecule has 0 bridgehead atoms. The summed E-state index contributed by atoms with van der Waals surface area (Å²) in [5, 5.41) is 3.85. The van der Waals surface area contributed by atoms with Crippen LogP contribution in [0.25, 0.3) is 5.57 Å². The van der Waals surface area contributed by atoms with Crippen molar-refractivity contribution in [1.82, 2.24) is 0 Å². The second-order valence-corrected chi connectivity index (χ2v) is 11.2. The fourth-order valence-electron chi connectivity index (χ4n) is 2.52. The highest BCUT2D eigenvalue weighted by Gasteiger charge is 2.46. The van der Waals surface area contributed by atoms with E-state index in [2.05, 4.69) is 0 Å². The van der Waals surface area contributed by atoms with Gasteiger partial charge >= 0.3 is 0 Å². The molecule has 0 aliphatic carbocycles. The Balaban J connectivity index is 2.55. The van der Waals surface area contributed by atoms with Crippen molar-refractivity contribution in [3.05, 3.63) is 50.4 Å². The minimum absolute atomic E-state index is 0.822. The Morgan fingerprint density at radius 3 is 2.08 bits per heavy atom. The molecule has 2 rings (SSSR count). The summed E-state index contributed by atoms with van der Waals surface area (Å²) in [6.07, 6.45) is -3.23. The third-order valence-corrected chi connectivity index (χ3v) is 8.68. The van der Waals surface area contributed by atoms with Crippen LogP contribution in [-0.2, 0) is 10.0 Å². The molecule has 7 heteroatoms. The van der Waals surface area contributed by atoms with Crippen LogP contribution in [0, 0.1) is 0 Å². The zero-order chi connectivity index (χ0) is 17.8. The summed E-state index contributed by atoms with van der Waals surface area (Å²) in [4.78, 5) is 1.88. The number of allylic oxidation sites excluding steroid dienone is 1. The summed E-state index contributed by atoms with van der Waals surface area (Å²) in [5.74, 6) is 0. The van der Waals surface area contributed by atoms with Crippen molar-refractivity contribution >= 4 is 36.6 Å². The molecule has 1 nitrogen and oxygen atoms in total. The lowest BCUT2D eigenvalue weighted by molar-refractivity contribution is 0.103. The first-order valence-corrected chi connectivity index (χ1v) is 11.8. The van der Waals surface area contributed by atoms with Crippen molar-refractivity contribution in [2.75, 3.05) is 18.9 Å². The van der Waals surface area contributed by atoms with E-state index in [1.807, 2.05) is 48.9 Å². The van der Waals surface area contributed by atoms with Crippen molar-refractivity contribution in [1.29, 1.82) is 0 Å². The summed E-state index contributed by atoms with van der Waals surface area (Å²) >= 11 is 3.03. The van der Waals surface area contributed by atoms with Crippen molar-refractivity contribution in [2.24, 2.45) is 0 Å². The molecule has 0 N–H and O–H groups in total. The maximum absolute atomic E-state index is 13.5. The monoisotopic (exact) mass is 390 g/mol. The fourth-order valence-corrected chi connectivity index (χ4v) is 5.77. The average Bonchev–Trinajstić information content (AvgIpc) is 3.32. The van der Waals surface area contributed by atoms with E-state index in [9.17, 15) is 13.2 Å². The smallest absolute Gasteiger partial charge is 0.285 e. The summed E-state index contributed by atoms with van der Waals surface area (Å²) < 4.78 is 46.4. The lowest BCUT2D eigenvalue weighted by Crippen LogP contribution is -2.53. The molecule has 0 spiro atoms. The molecule has 0 saturated heterocycles. The van der Waals surface area contributed by atoms with E-state index in [1.165, 1.54) is 11.3 Å². The minimum atomic E-state index is -3.73. The first-order valence-electron chi connectivity index (χ1n) is 7.56. The first-order chi connectivity index (χ1) is 11.4. The molecule has 0 saturated carbocycles. The Hall–Kier alpha value is -0.893. The van der Waals surface area contributed by atoms with Crippen LogP contribution in [0.5, 0.6) is 0 Å². The number of alkyl halides is 3.